The van der Waals surface area contributed by atoms with Gasteiger partial charge in [0, 0.05) is 26.2 Å². The van der Waals surface area contributed by atoms with E-state index in [0.29, 0.717) is 0 Å². The molecule has 3 N–H and O–H groups in total. The number of nitrogens with one attached hydrogen (secondary N) is 1. The minimum absolute atomic E-state index is 0.266. The standard InChI is InChI=1S/C10H15N5O/c1-7-6-13-14-8(10(11)16)9(7)15-4-2-12-3-5-15/h6,12H,2-5H2,1H3,(H2,11,16). The number of rotatable bonds is 2. The molecule has 1 aromatic rings. The number of aryl methyl sites for hydroxylation is 1. The molecule has 1 amide bonds. The summed E-state index contributed by atoms with van der Waals surface area (Å²) in [6, 6.07) is 0. The van der Waals surface area contributed by atoms with Gasteiger partial charge in [-0.05, 0) is 12.5 Å². The van der Waals surface area contributed by atoms with E-state index in [1.807, 2.05) is 6.92 Å². The van der Waals surface area contributed by atoms with Crippen molar-refractivity contribution in [3.63, 3.8) is 0 Å². The summed E-state index contributed by atoms with van der Waals surface area (Å²) in [4.78, 5) is 13.4. The predicted molar refractivity (Wildman–Crippen MR) is 60.4 cm³/mol. The average Bonchev–Trinajstić information content (AvgIpc) is 2.29. The fraction of sp³-hybridized carbons (Fsp3) is 0.500. The first-order valence-electron chi connectivity index (χ1n) is 5.28. The van der Waals surface area contributed by atoms with E-state index in [9.17, 15) is 4.79 Å². The fourth-order valence-corrected chi connectivity index (χ4v) is 1.92. The number of carbonyl (C=O) groups excluding carboxylic acids is 1. The largest absolute Gasteiger partial charge is 0.367 e. The number of nitrogens with zero attached hydrogens (tertiary/aromatic N) is 3. The third-order valence-electron chi connectivity index (χ3n) is 2.67. The maximum Gasteiger partial charge on any atom is 0.271 e. The lowest BCUT2D eigenvalue weighted by atomic mass is 10.1. The molecule has 1 aliphatic rings. The van der Waals surface area contributed by atoms with Crippen LogP contribution in [0.4, 0.5) is 5.69 Å². The molecular formula is C10H15N5O. The minimum atomic E-state index is -0.523. The predicted octanol–water partition coefficient (Wildman–Crippen LogP) is -0.706. The smallest absolute Gasteiger partial charge is 0.271 e. The molecule has 0 radical (unpaired) electrons. The molecule has 0 unspecified atom stereocenters. The Kier molecular flexibility index (Phi) is 3.00. The van der Waals surface area contributed by atoms with Crippen LogP contribution in [-0.2, 0) is 0 Å². The highest BCUT2D eigenvalue weighted by Crippen LogP contribution is 2.22. The summed E-state index contributed by atoms with van der Waals surface area (Å²) in [5, 5.41) is 10.9. The van der Waals surface area contributed by atoms with Crippen molar-refractivity contribution in [3.8, 4) is 0 Å². The quantitative estimate of drug-likeness (QED) is 0.689. The highest BCUT2D eigenvalue weighted by molar-refractivity contribution is 5.97. The molecule has 1 aromatic heterocycles. The van der Waals surface area contributed by atoms with Gasteiger partial charge in [0.05, 0.1) is 11.9 Å². The summed E-state index contributed by atoms with van der Waals surface area (Å²) in [5.41, 5.74) is 7.33. The second-order valence-electron chi connectivity index (χ2n) is 3.83. The van der Waals surface area contributed by atoms with Crippen molar-refractivity contribution in [3.05, 3.63) is 17.5 Å². The summed E-state index contributed by atoms with van der Waals surface area (Å²) in [6.07, 6.45) is 1.66. The van der Waals surface area contributed by atoms with Gasteiger partial charge in [0.25, 0.3) is 5.91 Å². The SMILES string of the molecule is Cc1cnnc(C(N)=O)c1N1CCNCC1. The summed E-state index contributed by atoms with van der Waals surface area (Å²) in [6.45, 7) is 5.43. The normalized spacial score (nSPS) is 16.2. The van der Waals surface area contributed by atoms with E-state index in [0.717, 1.165) is 37.4 Å². The molecule has 0 saturated carbocycles. The van der Waals surface area contributed by atoms with Crippen molar-refractivity contribution in [1.82, 2.24) is 15.5 Å². The van der Waals surface area contributed by atoms with Gasteiger partial charge in [-0.25, -0.2) is 0 Å². The van der Waals surface area contributed by atoms with E-state index in [4.69, 9.17) is 5.73 Å². The van der Waals surface area contributed by atoms with Gasteiger partial charge in [-0.2, -0.15) is 5.10 Å². The number of hydrogen-bond acceptors (Lipinski definition) is 5. The first-order chi connectivity index (χ1) is 7.70. The van der Waals surface area contributed by atoms with Gasteiger partial charge in [0.1, 0.15) is 0 Å². The molecule has 1 aliphatic heterocycles. The molecule has 6 heteroatoms. The van der Waals surface area contributed by atoms with E-state index in [2.05, 4.69) is 20.4 Å². The lowest BCUT2D eigenvalue weighted by molar-refractivity contribution is 0.0995. The second-order valence-corrected chi connectivity index (χ2v) is 3.83. The van der Waals surface area contributed by atoms with Gasteiger partial charge in [0.15, 0.2) is 5.69 Å². The van der Waals surface area contributed by atoms with Crippen LogP contribution in [0, 0.1) is 6.92 Å². The van der Waals surface area contributed by atoms with Crippen LogP contribution in [0.15, 0.2) is 6.20 Å². The Hall–Kier alpha value is -1.69. The van der Waals surface area contributed by atoms with Crippen molar-refractivity contribution in [2.24, 2.45) is 5.73 Å². The number of carbonyl (C=O) groups is 1. The first kappa shape index (κ1) is 10.8. The number of anilines is 1. The summed E-state index contributed by atoms with van der Waals surface area (Å²) in [5.74, 6) is -0.523. The maximum atomic E-state index is 11.3. The molecule has 2 rings (SSSR count). The Morgan fingerprint density at radius 1 is 1.50 bits per heavy atom. The lowest BCUT2D eigenvalue weighted by Crippen LogP contribution is -2.44. The summed E-state index contributed by atoms with van der Waals surface area (Å²) >= 11 is 0. The zero-order valence-corrected chi connectivity index (χ0v) is 9.23. The minimum Gasteiger partial charge on any atom is -0.367 e. The van der Waals surface area contributed by atoms with Crippen LogP contribution >= 0.6 is 0 Å². The Bertz CT molecular complexity index is 400. The van der Waals surface area contributed by atoms with E-state index >= 15 is 0 Å². The van der Waals surface area contributed by atoms with Crippen LogP contribution in [0.25, 0.3) is 0 Å². The molecule has 0 atom stereocenters. The molecule has 1 saturated heterocycles. The van der Waals surface area contributed by atoms with Crippen molar-refractivity contribution >= 4 is 11.6 Å². The van der Waals surface area contributed by atoms with Gasteiger partial charge in [0.2, 0.25) is 0 Å². The van der Waals surface area contributed by atoms with Crippen molar-refractivity contribution in [2.45, 2.75) is 6.92 Å². The van der Waals surface area contributed by atoms with Crippen LogP contribution in [0.2, 0.25) is 0 Å². The molecule has 1 fully saturated rings. The molecule has 0 spiro atoms. The third kappa shape index (κ3) is 1.96. The Labute approximate surface area is 93.8 Å². The molecule has 16 heavy (non-hydrogen) atoms. The zero-order chi connectivity index (χ0) is 11.5. The average molecular weight is 221 g/mol. The number of hydrogen-bond donors (Lipinski definition) is 2. The van der Waals surface area contributed by atoms with Gasteiger partial charge in [-0.3, -0.25) is 4.79 Å². The lowest BCUT2D eigenvalue weighted by Gasteiger charge is -2.31. The molecule has 2 heterocycles. The van der Waals surface area contributed by atoms with Crippen LogP contribution in [0.5, 0.6) is 0 Å². The number of piperazine rings is 1. The van der Waals surface area contributed by atoms with Crippen molar-refractivity contribution < 1.29 is 4.79 Å². The van der Waals surface area contributed by atoms with E-state index in [1.165, 1.54) is 0 Å². The molecule has 6 nitrogen and oxygen atoms in total. The van der Waals surface area contributed by atoms with Gasteiger partial charge < -0.3 is 16.0 Å². The highest BCUT2D eigenvalue weighted by Gasteiger charge is 2.20. The Balaban J connectivity index is 2.40. The molecule has 0 aromatic carbocycles. The molecule has 0 aliphatic carbocycles. The molecule has 86 valence electrons. The summed E-state index contributed by atoms with van der Waals surface area (Å²) in [7, 11) is 0. The number of aromatic nitrogens is 2. The van der Waals surface area contributed by atoms with E-state index in [1.54, 1.807) is 6.20 Å². The monoisotopic (exact) mass is 221 g/mol. The first-order valence-corrected chi connectivity index (χ1v) is 5.28. The highest BCUT2D eigenvalue weighted by atomic mass is 16.1. The maximum absolute atomic E-state index is 11.3. The van der Waals surface area contributed by atoms with Crippen LogP contribution in [-0.4, -0.2) is 42.3 Å². The molecule has 0 bridgehead atoms. The fourth-order valence-electron chi connectivity index (χ4n) is 1.92. The Morgan fingerprint density at radius 2 is 2.19 bits per heavy atom. The van der Waals surface area contributed by atoms with Gasteiger partial charge in [-0.1, -0.05) is 0 Å². The Morgan fingerprint density at radius 3 is 2.81 bits per heavy atom. The van der Waals surface area contributed by atoms with Gasteiger partial charge in [-0.15, -0.1) is 5.10 Å². The number of nitrogens with two attached hydrogens (primary N) is 1. The van der Waals surface area contributed by atoms with Crippen LogP contribution < -0.4 is 16.0 Å². The van der Waals surface area contributed by atoms with Crippen molar-refractivity contribution in [2.75, 3.05) is 31.1 Å². The van der Waals surface area contributed by atoms with Crippen LogP contribution in [0.1, 0.15) is 16.1 Å². The third-order valence-corrected chi connectivity index (χ3v) is 2.67. The van der Waals surface area contributed by atoms with E-state index in [-0.39, 0.29) is 5.69 Å². The van der Waals surface area contributed by atoms with Crippen LogP contribution in [0.3, 0.4) is 0 Å². The topological polar surface area (TPSA) is 84.1 Å². The molecular weight excluding hydrogens is 206 g/mol. The van der Waals surface area contributed by atoms with Gasteiger partial charge >= 0.3 is 0 Å². The second kappa shape index (κ2) is 4.44. The van der Waals surface area contributed by atoms with E-state index < -0.39 is 5.91 Å². The summed E-state index contributed by atoms with van der Waals surface area (Å²) < 4.78 is 0. The number of amides is 1. The van der Waals surface area contributed by atoms with Crippen molar-refractivity contribution in [1.29, 1.82) is 0 Å². The number of primary amides is 1. The zero-order valence-electron chi connectivity index (χ0n) is 9.23.